The van der Waals surface area contributed by atoms with E-state index in [-0.39, 0.29) is 63.3 Å². The number of methoxy groups -OCH3 is 2. The average Bonchev–Trinajstić information content (AvgIpc) is 3.89. The van der Waals surface area contributed by atoms with E-state index in [2.05, 4.69) is 37.9 Å². The Morgan fingerprint density at radius 2 is 1.00 bits per heavy atom. The molecule has 0 atom stereocenters. The minimum atomic E-state index is 0. The Morgan fingerprint density at radius 1 is 0.531 bits per heavy atom. The third kappa shape index (κ3) is 15.4. The van der Waals surface area contributed by atoms with Gasteiger partial charge in [-0.15, -0.1) is 0 Å². The molecule has 3 N–H and O–H groups in total. The second kappa shape index (κ2) is 29.3. The zero-order chi connectivity index (χ0) is 44.8. The number of nitrogens with zero attached hydrogens (tertiary/aromatic N) is 4. The van der Waals surface area contributed by atoms with Crippen molar-refractivity contribution in [3.63, 3.8) is 0 Å². The predicted octanol–water partition coefficient (Wildman–Crippen LogP) is 7.12. The number of hydrogen-bond acceptors (Lipinski definition) is 14. The Balaban J connectivity index is 0.00000898. The second-order valence-corrected chi connectivity index (χ2v) is 15.0. The van der Waals surface area contributed by atoms with Gasteiger partial charge in [0.15, 0.2) is 11.5 Å². The SMILES string of the molecule is CCC1=C(CC)c2cc3[nH]c(cnc4cc(OCCOCCOCCOC)c(OCCOCCOCCOC)cc4ncc4nc(cc1n2)C(CCCO)=C4C)c(C)c3CCCO.[Lu]. The van der Waals surface area contributed by atoms with E-state index in [1.807, 2.05) is 25.3 Å². The zero-order valence-corrected chi connectivity index (χ0v) is 40.0. The van der Waals surface area contributed by atoms with Crippen LogP contribution in [-0.2, 0) is 34.8 Å². The summed E-state index contributed by atoms with van der Waals surface area (Å²) in [5, 5.41) is 19.7. The third-order valence-electron chi connectivity index (χ3n) is 10.8. The number of aryl methyl sites for hydroxylation is 2. The first-order valence-corrected chi connectivity index (χ1v) is 22.1. The smallest absolute Gasteiger partial charge is 0.163 e. The van der Waals surface area contributed by atoms with E-state index >= 15 is 0 Å². The van der Waals surface area contributed by atoms with Crippen LogP contribution < -0.4 is 9.47 Å². The van der Waals surface area contributed by atoms with Gasteiger partial charge in [-0.25, -0.2) is 9.97 Å². The van der Waals surface area contributed by atoms with Crippen molar-refractivity contribution in [3.8, 4) is 11.5 Å². The van der Waals surface area contributed by atoms with Gasteiger partial charge in [-0.3, -0.25) is 9.97 Å². The molecular weight excluding hydrogens is 982 g/mol. The van der Waals surface area contributed by atoms with Crippen LogP contribution in [0.1, 0.15) is 86.8 Å². The summed E-state index contributed by atoms with van der Waals surface area (Å²) in [6.07, 6.45) is 7.76. The van der Waals surface area contributed by atoms with Crippen LogP contribution in [-0.4, -0.2) is 142 Å². The van der Waals surface area contributed by atoms with E-state index in [1.54, 1.807) is 20.4 Å². The topological polar surface area (TPSA) is 182 Å². The molecule has 15 nitrogen and oxygen atoms in total. The van der Waals surface area contributed by atoms with Gasteiger partial charge in [0.1, 0.15) is 13.2 Å². The minimum absolute atomic E-state index is 0. The summed E-state index contributed by atoms with van der Waals surface area (Å²) in [5.74, 6) is 0.939. The fraction of sp³-hybridized carbons (Fsp3) is 0.542. The van der Waals surface area contributed by atoms with Gasteiger partial charge in [-0.1, -0.05) is 13.8 Å². The molecule has 1 radical (unpaired) electrons. The van der Waals surface area contributed by atoms with Crippen LogP contribution in [0.4, 0.5) is 0 Å². The van der Waals surface area contributed by atoms with E-state index in [9.17, 15) is 10.2 Å². The maximum absolute atomic E-state index is 9.86. The van der Waals surface area contributed by atoms with Gasteiger partial charge in [0.25, 0.3) is 0 Å². The van der Waals surface area contributed by atoms with Crippen molar-refractivity contribution in [3.05, 3.63) is 70.6 Å². The normalized spacial score (nSPS) is 12.5. The summed E-state index contributed by atoms with van der Waals surface area (Å²) in [6, 6.07) is 7.87. The van der Waals surface area contributed by atoms with Crippen LogP contribution in [0, 0.1) is 43.8 Å². The molecule has 6 bridgehead atoms. The van der Waals surface area contributed by atoms with Crippen molar-refractivity contribution in [2.75, 3.05) is 107 Å². The largest absolute Gasteiger partial charge is 0.487 e. The van der Waals surface area contributed by atoms with Crippen molar-refractivity contribution in [1.29, 1.82) is 0 Å². The summed E-state index contributed by atoms with van der Waals surface area (Å²) in [6.45, 7) is 13.5. The molecule has 0 saturated heterocycles. The van der Waals surface area contributed by atoms with Crippen molar-refractivity contribution in [2.45, 2.75) is 66.2 Å². The number of hydrogen-bond donors (Lipinski definition) is 3. The molecule has 0 amide bonds. The molecule has 3 aromatic rings. The van der Waals surface area contributed by atoms with Crippen LogP contribution in [0.15, 0.2) is 36.7 Å². The number of H-pyrrole nitrogens is 1. The number of aromatic amines is 1. The van der Waals surface area contributed by atoms with Crippen molar-refractivity contribution < 1.29 is 85.0 Å². The Hall–Kier alpha value is -3.35. The first-order valence-electron chi connectivity index (χ1n) is 22.1. The molecule has 64 heavy (non-hydrogen) atoms. The molecule has 359 valence electrons. The molecule has 2 aliphatic heterocycles. The fourth-order valence-corrected chi connectivity index (χ4v) is 7.41. The maximum atomic E-state index is 9.86. The molecule has 0 aliphatic carbocycles. The summed E-state index contributed by atoms with van der Waals surface area (Å²) in [5.41, 5.74) is 12.7. The monoisotopic (exact) mass is 1050 g/mol. The Bertz CT molecular complexity index is 2200. The number of fused-ring (bicyclic) bond motifs is 7. The quantitative estimate of drug-likeness (QED) is 0.0626. The van der Waals surface area contributed by atoms with E-state index in [1.165, 1.54) is 11.1 Å². The van der Waals surface area contributed by atoms with Gasteiger partial charge < -0.3 is 53.1 Å². The molecule has 0 fully saturated rings. The number of aromatic nitrogens is 5. The van der Waals surface area contributed by atoms with Crippen LogP contribution in [0.3, 0.4) is 0 Å². The summed E-state index contributed by atoms with van der Waals surface area (Å²) in [4.78, 5) is 24.0. The van der Waals surface area contributed by atoms with Crippen LogP contribution >= 0.6 is 0 Å². The molecule has 0 saturated carbocycles. The third-order valence-corrected chi connectivity index (χ3v) is 10.8. The summed E-state index contributed by atoms with van der Waals surface area (Å²) >= 11 is 0. The Kier molecular flexibility index (Phi) is 24.4. The Labute approximate surface area is 406 Å². The first kappa shape index (κ1) is 53.3. The molecular formula is C48H67LuN5O10. The zero-order valence-electron chi connectivity index (χ0n) is 38.3. The van der Waals surface area contributed by atoms with Crippen LogP contribution in [0.5, 0.6) is 11.5 Å². The molecule has 0 unspecified atom stereocenters. The number of allylic oxidation sites excluding steroid dienone is 4. The van der Waals surface area contributed by atoms with Crippen molar-refractivity contribution in [2.24, 2.45) is 0 Å². The van der Waals surface area contributed by atoms with Crippen LogP contribution in [0.25, 0.3) is 44.4 Å². The first-order chi connectivity index (χ1) is 30.9. The van der Waals surface area contributed by atoms with Gasteiger partial charge in [-0.05, 0) is 97.9 Å². The van der Waals surface area contributed by atoms with Crippen molar-refractivity contribution >= 4 is 44.4 Å². The number of rotatable bonds is 28. The number of aliphatic hydroxyl groups excluding tert-OH is 2. The molecule has 0 spiro atoms. The minimum Gasteiger partial charge on any atom is -0.487 e. The van der Waals surface area contributed by atoms with Gasteiger partial charge in [-0.2, -0.15) is 0 Å². The molecule has 5 rings (SSSR count). The molecule has 2 aliphatic rings. The van der Waals surface area contributed by atoms with E-state index in [4.69, 9.17) is 57.8 Å². The Morgan fingerprint density at radius 3 is 1.53 bits per heavy atom. The maximum Gasteiger partial charge on any atom is 0.163 e. The molecule has 4 heterocycles. The van der Waals surface area contributed by atoms with E-state index in [0.717, 1.165) is 63.2 Å². The van der Waals surface area contributed by atoms with Gasteiger partial charge in [0.05, 0.1) is 118 Å². The summed E-state index contributed by atoms with van der Waals surface area (Å²) < 4.78 is 45.3. The van der Waals surface area contributed by atoms with E-state index in [0.29, 0.717) is 120 Å². The molecule has 1 aromatic carbocycles. The number of benzene rings is 1. The fourth-order valence-electron chi connectivity index (χ4n) is 7.41. The average molecular weight is 1050 g/mol. The standard InChI is InChI=1S/C48H67N5O10.Lu/c1-7-35-36(8-2)40-28-42-38(12-10-14-55)34(4)46(53-42)32-50-44-30-48(63-26-24-61-22-20-59-18-16-57-6)47(62-25-23-60-21-19-58-17-15-56-5)29-43(44)49-31-45-33(3)37(11-9-13-54)41(52-45)27-39(35)51-40;/h27-32,52,54-55H,7-26H2,1-6H3;. The predicted molar refractivity (Wildman–Crippen MR) is 245 cm³/mol. The summed E-state index contributed by atoms with van der Waals surface area (Å²) in [7, 11) is 3.28. The second-order valence-electron chi connectivity index (χ2n) is 15.0. The van der Waals surface area contributed by atoms with Crippen molar-refractivity contribution in [1.82, 2.24) is 24.9 Å². The molecule has 2 aromatic heterocycles. The van der Waals surface area contributed by atoms with Gasteiger partial charge in [0.2, 0.25) is 0 Å². The molecule has 16 heteroatoms. The van der Waals surface area contributed by atoms with Gasteiger partial charge in [0, 0.05) is 82.0 Å². The number of aliphatic hydroxyl groups is 2. The van der Waals surface area contributed by atoms with Crippen LogP contribution in [0.2, 0.25) is 0 Å². The van der Waals surface area contributed by atoms with E-state index < -0.39 is 0 Å². The number of nitrogens with one attached hydrogen (secondary N) is 1. The van der Waals surface area contributed by atoms with Gasteiger partial charge >= 0.3 is 0 Å². The number of ether oxygens (including phenoxy) is 8.